The van der Waals surface area contributed by atoms with Gasteiger partial charge in [0.05, 0.1) is 5.60 Å². The van der Waals surface area contributed by atoms with Gasteiger partial charge in [-0.2, -0.15) is 0 Å². The molecule has 2 aliphatic rings. The highest BCUT2D eigenvalue weighted by Gasteiger charge is 2.59. The molecule has 0 aromatic heterocycles. The van der Waals surface area contributed by atoms with E-state index in [1.807, 2.05) is 0 Å². The maximum Gasteiger partial charge on any atom is 0.167 e. The van der Waals surface area contributed by atoms with Crippen molar-refractivity contribution in [1.29, 1.82) is 0 Å². The van der Waals surface area contributed by atoms with Crippen LogP contribution in [-0.2, 0) is 4.43 Å². The molecule has 2 heteroatoms. The van der Waals surface area contributed by atoms with Gasteiger partial charge in [0.1, 0.15) is 0 Å². The second-order valence-electron chi connectivity index (χ2n) is 8.45. The first-order chi connectivity index (χ1) is 8.19. The molecule has 0 bridgehead atoms. The van der Waals surface area contributed by atoms with Crippen molar-refractivity contribution in [2.24, 2.45) is 17.3 Å². The Hall–Kier alpha value is 0.177. The maximum atomic E-state index is 6.68. The molecule has 1 nitrogen and oxygen atoms in total. The Morgan fingerprint density at radius 3 is 2.44 bits per heavy atom. The van der Waals surface area contributed by atoms with E-state index >= 15 is 0 Å². The van der Waals surface area contributed by atoms with Crippen molar-refractivity contribution in [3.63, 3.8) is 0 Å². The van der Waals surface area contributed by atoms with Crippen molar-refractivity contribution in [1.82, 2.24) is 0 Å². The zero-order valence-electron chi connectivity index (χ0n) is 13.3. The number of fused-ring (bicyclic) bond motifs is 1. The van der Waals surface area contributed by atoms with Crippen molar-refractivity contribution < 1.29 is 4.43 Å². The molecule has 0 aromatic rings. The quantitative estimate of drug-likeness (QED) is 0.679. The van der Waals surface area contributed by atoms with E-state index in [0.29, 0.717) is 10.5 Å². The Bertz CT molecular complexity index is 309. The Kier molecular flexibility index (Phi) is 3.75. The van der Waals surface area contributed by atoms with Crippen LogP contribution in [0.5, 0.6) is 0 Å². The maximum absolute atomic E-state index is 6.68. The molecule has 2 aliphatic carbocycles. The molecule has 4 unspecified atom stereocenters. The van der Waals surface area contributed by atoms with Gasteiger partial charge in [-0.1, -0.05) is 47.5 Å². The van der Waals surface area contributed by atoms with Gasteiger partial charge in [-0.05, 0) is 48.5 Å². The molecule has 0 saturated heterocycles. The topological polar surface area (TPSA) is 9.23 Å². The molecule has 4 atom stereocenters. The van der Waals surface area contributed by atoms with Crippen LogP contribution >= 0.6 is 0 Å². The molecule has 2 rings (SSSR count). The molecular weight excluding hydrogens is 236 g/mol. The lowest BCUT2D eigenvalue weighted by Gasteiger charge is -2.49. The van der Waals surface area contributed by atoms with Crippen LogP contribution in [0.25, 0.3) is 0 Å². The van der Waals surface area contributed by atoms with Gasteiger partial charge in [0.15, 0.2) is 9.76 Å². The fourth-order valence-corrected chi connectivity index (χ4v) is 5.67. The zero-order valence-corrected chi connectivity index (χ0v) is 14.7. The summed E-state index contributed by atoms with van der Waals surface area (Å²) in [6, 6.07) is 0. The Balaban J connectivity index is 2.18. The third-order valence-electron chi connectivity index (χ3n) is 5.92. The predicted octanol–water partition coefficient (Wildman–Crippen LogP) is 4.30. The normalized spacial score (nSPS) is 45.7. The van der Waals surface area contributed by atoms with E-state index in [0.717, 1.165) is 11.8 Å². The van der Waals surface area contributed by atoms with E-state index < -0.39 is 9.76 Å². The molecule has 0 radical (unpaired) electrons. The van der Waals surface area contributed by atoms with Crippen LogP contribution in [0.2, 0.25) is 5.04 Å². The molecule has 0 heterocycles. The van der Waals surface area contributed by atoms with Crippen molar-refractivity contribution >= 4 is 9.76 Å². The van der Waals surface area contributed by atoms with Crippen LogP contribution in [0.1, 0.15) is 73.6 Å². The Labute approximate surface area is 116 Å². The monoisotopic (exact) mass is 268 g/mol. The van der Waals surface area contributed by atoms with Gasteiger partial charge in [0.2, 0.25) is 0 Å². The molecule has 106 valence electrons. The van der Waals surface area contributed by atoms with Crippen LogP contribution in [0.3, 0.4) is 0 Å². The SMILES string of the molecule is CC1CC2CCCCC2(C)C1(C)O[SiH2]C(C)(C)C. The third kappa shape index (κ3) is 2.31. The molecule has 18 heavy (non-hydrogen) atoms. The van der Waals surface area contributed by atoms with Crippen LogP contribution in [-0.4, -0.2) is 15.4 Å². The zero-order chi connectivity index (χ0) is 13.6. The summed E-state index contributed by atoms with van der Waals surface area (Å²) in [5, 5.41) is 0.409. The van der Waals surface area contributed by atoms with E-state index in [2.05, 4.69) is 41.5 Å². The van der Waals surface area contributed by atoms with Crippen molar-refractivity contribution in [2.75, 3.05) is 0 Å². The first-order valence-corrected chi connectivity index (χ1v) is 9.11. The van der Waals surface area contributed by atoms with Gasteiger partial charge >= 0.3 is 0 Å². The first kappa shape index (κ1) is 14.6. The Morgan fingerprint density at radius 2 is 1.83 bits per heavy atom. The van der Waals surface area contributed by atoms with Crippen molar-refractivity contribution in [3.8, 4) is 0 Å². The minimum atomic E-state index is -0.453. The van der Waals surface area contributed by atoms with Gasteiger partial charge in [-0.15, -0.1) is 0 Å². The van der Waals surface area contributed by atoms with Gasteiger partial charge in [0, 0.05) is 0 Å². The average molecular weight is 269 g/mol. The molecule has 0 spiro atoms. The lowest BCUT2D eigenvalue weighted by Crippen LogP contribution is -2.50. The third-order valence-corrected chi connectivity index (χ3v) is 7.53. The largest absolute Gasteiger partial charge is 0.417 e. The number of hydrogen-bond acceptors (Lipinski definition) is 1. The molecule has 0 amide bonds. The second-order valence-corrected chi connectivity index (χ2v) is 11.2. The molecular formula is C16H32OSi. The van der Waals surface area contributed by atoms with E-state index in [9.17, 15) is 0 Å². The van der Waals surface area contributed by atoms with E-state index in [-0.39, 0.29) is 5.60 Å². The molecule has 0 aromatic carbocycles. The Morgan fingerprint density at radius 1 is 1.17 bits per heavy atom. The number of hydrogen-bond donors (Lipinski definition) is 0. The minimum absolute atomic E-state index is 0.150. The summed E-state index contributed by atoms with van der Waals surface area (Å²) in [7, 11) is -0.453. The van der Waals surface area contributed by atoms with E-state index in [1.165, 1.54) is 32.1 Å². The lowest BCUT2D eigenvalue weighted by molar-refractivity contribution is -0.0699. The standard InChI is InChI=1S/C16H32OSi/c1-12-11-13-9-7-8-10-15(13,5)16(12,6)17-18-14(2,3)4/h12-13H,7-11,18H2,1-6H3. The fourth-order valence-electron chi connectivity index (χ4n) is 4.33. The van der Waals surface area contributed by atoms with Crippen molar-refractivity contribution in [2.45, 2.75) is 84.3 Å². The summed E-state index contributed by atoms with van der Waals surface area (Å²) in [5.41, 5.74) is 0.598. The van der Waals surface area contributed by atoms with E-state index in [4.69, 9.17) is 4.43 Å². The first-order valence-electron chi connectivity index (χ1n) is 7.83. The average Bonchev–Trinajstić information content (AvgIpc) is 2.46. The second kappa shape index (κ2) is 4.62. The highest BCUT2D eigenvalue weighted by atomic mass is 28.2. The van der Waals surface area contributed by atoms with Gasteiger partial charge in [-0.3, -0.25) is 0 Å². The number of rotatable bonds is 2. The fraction of sp³-hybridized carbons (Fsp3) is 1.00. The minimum Gasteiger partial charge on any atom is -0.417 e. The smallest absolute Gasteiger partial charge is 0.167 e. The summed E-state index contributed by atoms with van der Waals surface area (Å²) < 4.78 is 6.68. The highest BCUT2D eigenvalue weighted by molar-refractivity contribution is 6.31. The molecule has 2 saturated carbocycles. The summed E-state index contributed by atoms with van der Waals surface area (Å²) >= 11 is 0. The summed E-state index contributed by atoms with van der Waals surface area (Å²) in [6.45, 7) is 14.4. The molecule has 0 N–H and O–H groups in total. The van der Waals surface area contributed by atoms with Gasteiger partial charge < -0.3 is 4.43 Å². The summed E-state index contributed by atoms with van der Waals surface area (Å²) in [4.78, 5) is 0. The van der Waals surface area contributed by atoms with Gasteiger partial charge in [-0.25, -0.2) is 0 Å². The predicted molar refractivity (Wildman–Crippen MR) is 81.6 cm³/mol. The lowest BCUT2D eigenvalue weighted by atomic mass is 9.63. The molecule has 2 fully saturated rings. The molecule has 0 aliphatic heterocycles. The van der Waals surface area contributed by atoms with Gasteiger partial charge in [0.25, 0.3) is 0 Å². The van der Waals surface area contributed by atoms with E-state index in [1.54, 1.807) is 0 Å². The summed E-state index contributed by atoms with van der Waals surface area (Å²) in [6.07, 6.45) is 7.08. The van der Waals surface area contributed by atoms with Crippen LogP contribution in [0.15, 0.2) is 0 Å². The summed E-state index contributed by atoms with van der Waals surface area (Å²) in [5.74, 6) is 1.65. The van der Waals surface area contributed by atoms with Crippen LogP contribution in [0.4, 0.5) is 0 Å². The highest BCUT2D eigenvalue weighted by Crippen LogP contribution is 2.61. The van der Waals surface area contributed by atoms with Crippen LogP contribution < -0.4 is 0 Å². The van der Waals surface area contributed by atoms with Crippen LogP contribution in [0, 0.1) is 17.3 Å². The van der Waals surface area contributed by atoms with Crippen molar-refractivity contribution in [3.05, 3.63) is 0 Å².